The van der Waals surface area contributed by atoms with Gasteiger partial charge in [0.2, 0.25) is 5.95 Å². The van der Waals surface area contributed by atoms with Crippen molar-refractivity contribution < 1.29 is 9.53 Å². The lowest BCUT2D eigenvalue weighted by Gasteiger charge is -2.11. The number of benzene rings is 2. The van der Waals surface area contributed by atoms with E-state index in [1.807, 2.05) is 36.4 Å². The molecule has 6 nitrogen and oxygen atoms in total. The van der Waals surface area contributed by atoms with Crippen molar-refractivity contribution in [3.05, 3.63) is 76.9 Å². The van der Waals surface area contributed by atoms with Gasteiger partial charge in [-0.15, -0.1) is 0 Å². The Morgan fingerprint density at radius 1 is 1.11 bits per heavy atom. The van der Waals surface area contributed by atoms with Gasteiger partial charge in [0.1, 0.15) is 5.82 Å². The zero-order valence-electron chi connectivity index (χ0n) is 15.5. The summed E-state index contributed by atoms with van der Waals surface area (Å²) in [5.74, 6) is 0.717. The van der Waals surface area contributed by atoms with Gasteiger partial charge in [-0.3, -0.25) is 0 Å². The second kappa shape index (κ2) is 9.71. The van der Waals surface area contributed by atoms with E-state index >= 15 is 0 Å². The van der Waals surface area contributed by atoms with Crippen LogP contribution >= 0.6 is 11.6 Å². The topological polar surface area (TPSA) is 76.1 Å². The Bertz CT molecular complexity index is 932. The number of nitrogens with one attached hydrogen (secondary N) is 2. The van der Waals surface area contributed by atoms with Gasteiger partial charge in [0.25, 0.3) is 0 Å². The molecular weight excluding hydrogens is 376 g/mol. The lowest BCUT2D eigenvalue weighted by Crippen LogP contribution is -2.10. The predicted molar refractivity (Wildman–Crippen MR) is 111 cm³/mol. The third-order valence-electron chi connectivity index (χ3n) is 3.95. The van der Waals surface area contributed by atoms with Crippen LogP contribution in [0.4, 0.5) is 17.5 Å². The minimum absolute atomic E-state index is 0.322. The molecule has 0 spiro atoms. The van der Waals surface area contributed by atoms with Crippen molar-refractivity contribution in [2.24, 2.45) is 0 Å². The Hall–Kier alpha value is -3.12. The summed E-state index contributed by atoms with van der Waals surface area (Å²) in [5.41, 5.74) is 2.27. The highest BCUT2D eigenvalue weighted by molar-refractivity contribution is 6.30. The molecule has 0 fully saturated rings. The van der Waals surface area contributed by atoms with Gasteiger partial charge in [0, 0.05) is 17.8 Å². The van der Waals surface area contributed by atoms with E-state index in [0.29, 0.717) is 36.2 Å². The maximum Gasteiger partial charge on any atom is 0.340 e. The monoisotopic (exact) mass is 396 g/mol. The lowest BCUT2D eigenvalue weighted by molar-refractivity contribution is 0.0527. The van der Waals surface area contributed by atoms with E-state index in [0.717, 1.165) is 11.4 Å². The van der Waals surface area contributed by atoms with E-state index in [-0.39, 0.29) is 5.97 Å². The number of hydrogen-bond acceptors (Lipinski definition) is 6. The molecule has 0 aliphatic carbocycles. The van der Waals surface area contributed by atoms with Gasteiger partial charge >= 0.3 is 5.97 Å². The van der Waals surface area contributed by atoms with Crippen LogP contribution in [0.25, 0.3) is 0 Å². The zero-order chi connectivity index (χ0) is 19.8. The molecule has 1 aromatic heterocycles. The van der Waals surface area contributed by atoms with Crippen molar-refractivity contribution in [3.8, 4) is 0 Å². The largest absolute Gasteiger partial charge is 0.462 e. The molecule has 0 saturated carbocycles. The average Bonchev–Trinajstić information content (AvgIpc) is 2.70. The van der Waals surface area contributed by atoms with Crippen LogP contribution in [0.15, 0.2) is 60.8 Å². The fourth-order valence-corrected chi connectivity index (χ4v) is 2.73. The fourth-order valence-electron chi connectivity index (χ4n) is 2.60. The maximum absolute atomic E-state index is 12.1. The molecule has 3 aromatic rings. The van der Waals surface area contributed by atoms with E-state index in [1.165, 1.54) is 5.56 Å². The first-order valence-corrected chi connectivity index (χ1v) is 9.38. The third kappa shape index (κ3) is 5.44. The fraction of sp³-hybridized carbons (Fsp3) is 0.190. The quantitative estimate of drug-likeness (QED) is 0.537. The number of carbonyl (C=O) groups is 1. The lowest BCUT2D eigenvalue weighted by atomic mass is 10.1. The van der Waals surface area contributed by atoms with Crippen molar-refractivity contribution in [1.82, 2.24) is 9.97 Å². The van der Waals surface area contributed by atoms with Crippen molar-refractivity contribution in [2.45, 2.75) is 13.3 Å². The van der Waals surface area contributed by atoms with Crippen LogP contribution < -0.4 is 10.6 Å². The van der Waals surface area contributed by atoms with E-state index in [1.54, 1.807) is 31.3 Å². The average molecular weight is 397 g/mol. The molecule has 2 aromatic carbocycles. The smallest absolute Gasteiger partial charge is 0.340 e. The third-order valence-corrected chi connectivity index (χ3v) is 4.20. The van der Waals surface area contributed by atoms with Crippen molar-refractivity contribution in [2.75, 3.05) is 23.8 Å². The molecule has 3 rings (SSSR count). The van der Waals surface area contributed by atoms with Gasteiger partial charge in [0.15, 0.2) is 0 Å². The van der Waals surface area contributed by atoms with Gasteiger partial charge < -0.3 is 15.4 Å². The second-order valence-electron chi connectivity index (χ2n) is 5.96. The summed E-state index contributed by atoms with van der Waals surface area (Å²) in [4.78, 5) is 20.8. The van der Waals surface area contributed by atoms with Crippen LogP contribution in [0.3, 0.4) is 0 Å². The van der Waals surface area contributed by atoms with Crippen LogP contribution in [-0.4, -0.2) is 29.1 Å². The summed E-state index contributed by atoms with van der Waals surface area (Å²) in [6.07, 6.45) is 2.48. The van der Waals surface area contributed by atoms with Crippen LogP contribution in [-0.2, 0) is 11.2 Å². The van der Waals surface area contributed by atoms with Crippen molar-refractivity contribution in [3.63, 3.8) is 0 Å². The first-order valence-electron chi connectivity index (χ1n) is 9.00. The molecule has 0 bridgehead atoms. The van der Waals surface area contributed by atoms with Crippen LogP contribution in [0.5, 0.6) is 0 Å². The standard InChI is InChI=1S/C21H21ClN4O2/c1-2-28-20(27)17-5-3-4-6-18(17)25-19-12-14-24-21(26-19)23-13-11-15-7-9-16(22)10-8-15/h3-10,12,14H,2,11,13H2,1H3,(H2,23,24,25,26). The van der Waals surface area contributed by atoms with E-state index in [4.69, 9.17) is 16.3 Å². The number of ether oxygens (including phenoxy) is 1. The van der Waals surface area contributed by atoms with Crippen LogP contribution in [0.2, 0.25) is 5.02 Å². The Morgan fingerprint density at radius 3 is 2.68 bits per heavy atom. The Labute approximate surface area is 168 Å². The number of para-hydroxylation sites is 1. The molecule has 0 amide bonds. The Kier molecular flexibility index (Phi) is 6.81. The first-order chi connectivity index (χ1) is 13.7. The number of carbonyl (C=O) groups excluding carboxylic acids is 1. The second-order valence-corrected chi connectivity index (χ2v) is 6.40. The normalized spacial score (nSPS) is 10.4. The molecule has 28 heavy (non-hydrogen) atoms. The highest BCUT2D eigenvalue weighted by atomic mass is 35.5. The Balaban J connectivity index is 1.64. The van der Waals surface area contributed by atoms with Gasteiger partial charge in [-0.25, -0.2) is 9.78 Å². The molecule has 0 aliphatic rings. The van der Waals surface area contributed by atoms with Gasteiger partial charge in [-0.05, 0) is 49.2 Å². The number of aromatic nitrogens is 2. The molecular formula is C21H21ClN4O2. The highest BCUT2D eigenvalue weighted by Gasteiger charge is 2.12. The molecule has 144 valence electrons. The first kappa shape index (κ1) is 19.6. The number of halogens is 1. The number of anilines is 3. The molecule has 1 heterocycles. The number of hydrogen-bond donors (Lipinski definition) is 2. The van der Waals surface area contributed by atoms with Crippen molar-refractivity contribution >= 4 is 35.0 Å². The summed E-state index contributed by atoms with van der Waals surface area (Å²) < 4.78 is 5.10. The molecule has 7 heteroatoms. The highest BCUT2D eigenvalue weighted by Crippen LogP contribution is 2.21. The van der Waals surface area contributed by atoms with Gasteiger partial charge in [-0.2, -0.15) is 4.98 Å². The van der Waals surface area contributed by atoms with Crippen LogP contribution in [0, 0.1) is 0 Å². The van der Waals surface area contributed by atoms with Crippen molar-refractivity contribution in [1.29, 1.82) is 0 Å². The molecule has 0 atom stereocenters. The number of rotatable bonds is 8. The molecule has 0 saturated heterocycles. The predicted octanol–water partition coefficient (Wildman–Crippen LogP) is 4.70. The Morgan fingerprint density at radius 2 is 1.89 bits per heavy atom. The summed E-state index contributed by atoms with van der Waals surface area (Å²) in [7, 11) is 0. The summed E-state index contributed by atoms with van der Waals surface area (Å²) >= 11 is 5.90. The molecule has 0 aliphatic heterocycles. The zero-order valence-corrected chi connectivity index (χ0v) is 16.2. The summed E-state index contributed by atoms with van der Waals surface area (Å²) in [6.45, 7) is 2.78. The van der Waals surface area contributed by atoms with E-state index in [9.17, 15) is 4.79 Å². The van der Waals surface area contributed by atoms with Crippen LogP contribution in [0.1, 0.15) is 22.8 Å². The molecule has 2 N–H and O–H groups in total. The van der Waals surface area contributed by atoms with E-state index in [2.05, 4.69) is 20.6 Å². The summed E-state index contributed by atoms with van der Waals surface area (Å²) in [5, 5.41) is 7.09. The minimum atomic E-state index is -0.374. The SMILES string of the molecule is CCOC(=O)c1ccccc1Nc1ccnc(NCCc2ccc(Cl)cc2)n1. The number of esters is 1. The number of nitrogens with zero attached hydrogens (tertiary/aromatic N) is 2. The minimum Gasteiger partial charge on any atom is -0.462 e. The summed E-state index contributed by atoms with van der Waals surface area (Å²) in [6, 6.07) is 16.6. The van der Waals surface area contributed by atoms with E-state index < -0.39 is 0 Å². The maximum atomic E-state index is 12.1. The van der Waals surface area contributed by atoms with Gasteiger partial charge in [0.05, 0.1) is 17.9 Å². The molecule has 0 unspecified atom stereocenters. The van der Waals surface area contributed by atoms with Gasteiger partial charge in [-0.1, -0.05) is 35.9 Å². The molecule has 0 radical (unpaired) electrons.